The Hall–Kier alpha value is -3.06. The molecule has 0 radical (unpaired) electrons. The molecule has 0 aliphatic heterocycles. The second kappa shape index (κ2) is 8.95. The molecule has 34 heavy (non-hydrogen) atoms. The Bertz CT molecular complexity index is 1250. The van der Waals surface area contributed by atoms with Crippen molar-refractivity contribution in [3.63, 3.8) is 0 Å². The quantitative estimate of drug-likeness (QED) is 0.309. The van der Waals surface area contributed by atoms with Gasteiger partial charge in [0.05, 0.1) is 29.0 Å². The molecule has 182 valence electrons. The number of halogens is 2. The van der Waals surface area contributed by atoms with Crippen LogP contribution in [0, 0.1) is 39.6 Å². The number of benzene rings is 1. The third kappa shape index (κ3) is 4.62. The third-order valence-corrected chi connectivity index (χ3v) is 7.96. The minimum absolute atomic E-state index is 0.0395. The zero-order valence-electron chi connectivity index (χ0n) is 18.0. The maximum atomic E-state index is 14.3. The van der Waals surface area contributed by atoms with Gasteiger partial charge in [0.1, 0.15) is 0 Å². The molecule has 2 bridgehead atoms. The molecule has 0 unspecified atom stereocenters. The number of carbonyl (C=O) groups excluding carboxylic acids is 1. The van der Waals surface area contributed by atoms with Gasteiger partial charge in [-0.25, -0.2) is 17.8 Å². The Labute approximate surface area is 199 Å². The number of nitrogens with one attached hydrogen (secondary N) is 1. The average Bonchev–Trinajstić information content (AvgIpc) is 3.32. The van der Waals surface area contributed by atoms with Gasteiger partial charge < -0.3 is 11.1 Å². The first-order valence-electron chi connectivity index (χ1n) is 10.4. The summed E-state index contributed by atoms with van der Waals surface area (Å²) in [7, 11) is -3.78. The number of nitro benzene ring substituents is 1. The van der Waals surface area contributed by atoms with Crippen LogP contribution < -0.4 is 15.4 Å². The molecule has 2 aliphatic rings. The Morgan fingerprint density at radius 2 is 2.15 bits per heavy atom. The first-order valence-corrected chi connectivity index (χ1v) is 12.6. The van der Waals surface area contributed by atoms with E-state index in [9.17, 15) is 27.7 Å². The van der Waals surface area contributed by atoms with Crippen LogP contribution in [0.4, 0.5) is 21.6 Å². The van der Waals surface area contributed by atoms with Crippen LogP contribution in [0.15, 0.2) is 30.5 Å². The monoisotopic (exact) mass is 512 g/mol. The van der Waals surface area contributed by atoms with Crippen molar-refractivity contribution in [2.24, 2.45) is 29.4 Å². The summed E-state index contributed by atoms with van der Waals surface area (Å²) in [5, 5.41) is 14.0. The number of hydrogen-bond acceptors (Lipinski definition) is 8. The molecule has 1 aromatic heterocycles. The summed E-state index contributed by atoms with van der Waals surface area (Å²) in [6.07, 6.45) is 3.06. The van der Waals surface area contributed by atoms with Crippen LogP contribution in [0.1, 0.15) is 12.8 Å². The number of nitro groups is 1. The minimum Gasteiger partial charge on any atom is -0.369 e. The SMILES string of the molecule is CS(=O)(=O)N(C[C@@H]1C[C@@H]2C[C@H]1[C@@H](Nc1nc(Cl)ncc1F)[C@H]2C(N)=O)c1cccc([N+](=O)[O-])c1. The largest absolute Gasteiger partial charge is 0.369 e. The summed E-state index contributed by atoms with van der Waals surface area (Å²) < 4.78 is 40.6. The van der Waals surface area contributed by atoms with Crippen LogP contribution in [-0.2, 0) is 14.8 Å². The molecular formula is C20H22ClFN6O5S. The zero-order valence-corrected chi connectivity index (χ0v) is 19.5. The topological polar surface area (TPSA) is 161 Å². The van der Waals surface area contributed by atoms with E-state index < -0.39 is 38.6 Å². The Kier molecular flexibility index (Phi) is 6.34. The molecule has 11 nitrogen and oxygen atoms in total. The number of carbonyl (C=O) groups is 1. The highest BCUT2D eigenvalue weighted by atomic mass is 35.5. The van der Waals surface area contributed by atoms with Gasteiger partial charge in [0.15, 0.2) is 11.6 Å². The highest BCUT2D eigenvalue weighted by Crippen LogP contribution is 2.53. The molecule has 14 heteroatoms. The molecule has 5 atom stereocenters. The lowest BCUT2D eigenvalue weighted by Gasteiger charge is -2.37. The summed E-state index contributed by atoms with van der Waals surface area (Å²) in [5.74, 6) is -2.62. The molecule has 2 aromatic rings. The van der Waals surface area contributed by atoms with Gasteiger partial charge in [0, 0.05) is 24.7 Å². The van der Waals surface area contributed by atoms with Gasteiger partial charge in [-0.05, 0) is 48.3 Å². The van der Waals surface area contributed by atoms with Gasteiger partial charge in [-0.3, -0.25) is 19.2 Å². The lowest BCUT2D eigenvalue weighted by molar-refractivity contribution is -0.384. The van der Waals surface area contributed by atoms with Gasteiger partial charge in [0.25, 0.3) is 5.69 Å². The van der Waals surface area contributed by atoms with E-state index in [1.807, 2.05) is 0 Å². The molecule has 1 amide bonds. The maximum Gasteiger partial charge on any atom is 0.271 e. The summed E-state index contributed by atoms with van der Waals surface area (Å²) in [6.45, 7) is 0.0395. The van der Waals surface area contributed by atoms with Crippen LogP contribution in [0.2, 0.25) is 5.28 Å². The van der Waals surface area contributed by atoms with Crippen molar-refractivity contribution in [1.29, 1.82) is 0 Å². The third-order valence-electron chi connectivity index (χ3n) is 6.62. The lowest BCUT2D eigenvalue weighted by Crippen LogP contribution is -2.48. The van der Waals surface area contributed by atoms with Crippen LogP contribution in [0.5, 0.6) is 0 Å². The van der Waals surface area contributed by atoms with E-state index in [0.29, 0.717) is 12.8 Å². The molecule has 1 aromatic carbocycles. The Balaban J connectivity index is 1.63. The van der Waals surface area contributed by atoms with Crippen LogP contribution in [0.3, 0.4) is 0 Å². The number of primary amides is 1. The number of amides is 1. The number of anilines is 2. The molecule has 4 rings (SSSR count). The van der Waals surface area contributed by atoms with Gasteiger partial charge in [-0.1, -0.05) is 6.07 Å². The Morgan fingerprint density at radius 3 is 2.79 bits per heavy atom. The summed E-state index contributed by atoms with van der Waals surface area (Å²) in [5.41, 5.74) is 5.58. The van der Waals surface area contributed by atoms with Crippen LogP contribution >= 0.6 is 11.6 Å². The van der Waals surface area contributed by atoms with Crippen molar-refractivity contribution in [3.05, 3.63) is 51.7 Å². The second-order valence-corrected chi connectivity index (χ2v) is 10.9. The molecule has 2 aliphatic carbocycles. The molecule has 0 saturated heterocycles. The number of sulfonamides is 1. The number of rotatable bonds is 8. The molecule has 2 saturated carbocycles. The van der Waals surface area contributed by atoms with E-state index in [1.54, 1.807) is 0 Å². The molecule has 3 N–H and O–H groups in total. The number of aromatic nitrogens is 2. The van der Waals surface area contributed by atoms with Gasteiger partial charge >= 0.3 is 0 Å². The van der Waals surface area contributed by atoms with E-state index in [-0.39, 0.29) is 46.8 Å². The number of non-ortho nitro benzene ring substituents is 1. The highest BCUT2D eigenvalue weighted by molar-refractivity contribution is 7.92. The molecule has 1 heterocycles. The first kappa shape index (κ1) is 24.1. The number of nitrogens with zero attached hydrogens (tertiary/aromatic N) is 4. The van der Waals surface area contributed by atoms with Crippen molar-refractivity contribution in [2.75, 3.05) is 22.4 Å². The predicted molar refractivity (Wildman–Crippen MR) is 122 cm³/mol. The van der Waals surface area contributed by atoms with Crippen molar-refractivity contribution in [3.8, 4) is 0 Å². The fraction of sp³-hybridized carbons (Fsp3) is 0.450. The van der Waals surface area contributed by atoms with Crippen LogP contribution in [0.25, 0.3) is 0 Å². The van der Waals surface area contributed by atoms with Crippen molar-refractivity contribution in [1.82, 2.24) is 9.97 Å². The minimum atomic E-state index is -3.78. The van der Waals surface area contributed by atoms with Gasteiger partial charge in [-0.15, -0.1) is 0 Å². The second-order valence-electron chi connectivity index (χ2n) is 8.66. The number of hydrogen-bond donors (Lipinski definition) is 2. The van der Waals surface area contributed by atoms with E-state index in [4.69, 9.17) is 17.3 Å². The van der Waals surface area contributed by atoms with E-state index in [1.165, 1.54) is 24.3 Å². The maximum absolute atomic E-state index is 14.3. The van der Waals surface area contributed by atoms with Crippen molar-refractivity contribution >= 4 is 44.7 Å². The predicted octanol–water partition coefficient (Wildman–Crippen LogP) is 2.18. The standard InChI is InChI=1S/C20H22ClFN6O5S/c1-34(32,33)27(12-3-2-4-13(7-12)28(30)31)9-11-5-10-6-14(11)17(16(10)18(23)29)25-19-15(22)8-24-20(21)26-19/h2-4,7-8,10-11,14,16-17H,5-6,9H2,1H3,(H2,23,29)(H,24,25,26)/t10-,11+,14-,16+,17-/m1/s1. The molecule has 2 fully saturated rings. The normalized spacial score (nSPS) is 25.8. The van der Waals surface area contributed by atoms with Crippen molar-refractivity contribution < 1.29 is 22.5 Å². The van der Waals surface area contributed by atoms with E-state index in [0.717, 1.165) is 16.8 Å². The lowest BCUT2D eigenvalue weighted by atomic mass is 9.77. The van der Waals surface area contributed by atoms with Crippen LogP contribution in [-0.4, -0.2) is 48.1 Å². The molecule has 0 spiro atoms. The Morgan fingerprint density at radius 1 is 1.41 bits per heavy atom. The first-order chi connectivity index (χ1) is 16.0. The molecular weight excluding hydrogens is 491 g/mol. The van der Waals surface area contributed by atoms with Gasteiger partial charge in [-0.2, -0.15) is 4.98 Å². The highest BCUT2D eigenvalue weighted by Gasteiger charge is 2.55. The smallest absolute Gasteiger partial charge is 0.271 e. The summed E-state index contributed by atoms with van der Waals surface area (Å²) >= 11 is 5.79. The average molecular weight is 513 g/mol. The summed E-state index contributed by atoms with van der Waals surface area (Å²) in [4.78, 5) is 30.2. The number of nitrogens with two attached hydrogens (primary N) is 1. The van der Waals surface area contributed by atoms with E-state index >= 15 is 0 Å². The fourth-order valence-electron chi connectivity index (χ4n) is 5.32. The van der Waals surface area contributed by atoms with Gasteiger partial charge in [0.2, 0.25) is 21.2 Å². The zero-order chi connectivity index (χ0) is 24.8. The van der Waals surface area contributed by atoms with E-state index in [2.05, 4.69) is 15.3 Å². The summed E-state index contributed by atoms with van der Waals surface area (Å²) in [6, 6.07) is 4.80. The number of fused-ring (bicyclic) bond motifs is 2. The van der Waals surface area contributed by atoms with Crippen molar-refractivity contribution in [2.45, 2.75) is 18.9 Å². The fourth-order valence-corrected chi connectivity index (χ4v) is 6.41.